The Morgan fingerprint density at radius 2 is 2.21 bits per heavy atom. The first-order valence-electron chi connectivity index (χ1n) is 5.18. The summed E-state index contributed by atoms with van der Waals surface area (Å²) in [5.41, 5.74) is 1.12. The molecule has 4 nitrogen and oxygen atoms in total. The van der Waals surface area contributed by atoms with Gasteiger partial charge in [0.05, 0.1) is 17.7 Å². The molecule has 0 atom stereocenters. The molecule has 0 aliphatic carbocycles. The van der Waals surface area contributed by atoms with Crippen molar-refractivity contribution in [3.63, 3.8) is 0 Å². The fourth-order valence-corrected chi connectivity index (χ4v) is 2.86. The lowest BCUT2D eigenvalue weighted by atomic mass is 10.1. The Labute approximate surface area is 118 Å². The molecule has 1 heterocycles. The first-order chi connectivity index (χ1) is 9.06. The van der Waals surface area contributed by atoms with Gasteiger partial charge >= 0.3 is 5.97 Å². The number of ether oxygens (including phenoxy) is 1. The van der Waals surface area contributed by atoms with Gasteiger partial charge in [-0.25, -0.2) is 4.79 Å². The number of nitriles is 1. The van der Waals surface area contributed by atoms with Crippen molar-refractivity contribution in [3.8, 4) is 22.3 Å². The fraction of sp³-hybridized carbons (Fsp3) is 0.0769. The average molecular weight is 294 g/mol. The highest BCUT2D eigenvalue weighted by Gasteiger charge is 2.15. The summed E-state index contributed by atoms with van der Waals surface area (Å²) in [6.45, 7) is 0. The van der Waals surface area contributed by atoms with Crippen LogP contribution in [-0.4, -0.2) is 18.2 Å². The Balaban J connectivity index is 2.51. The Kier molecular flexibility index (Phi) is 3.74. The largest absolute Gasteiger partial charge is 0.495 e. The van der Waals surface area contributed by atoms with E-state index in [-0.39, 0.29) is 9.90 Å². The molecule has 0 saturated heterocycles. The van der Waals surface area contributed by atoms with E-state index in [0.29, 0.717) is 16.2 Å². The number of carboxylic acids is 1. The zero-order chi connectivity index (χ0) is 14.0. The molecule has 19 heavy (non-hydrogen) atoms. The van der Waals surface area contributed by atoms with Crippen LogP contribution in [0.2, 0.25) is 5.02 Å². The number of aromatic carboxylic acids is 1. The van der Waals surface area contributed by atoms with Crippen molar-refractivity contribution in [3.05, 3.63) is 39.7 Å². The number of rotatable bonds is 3. The molecule has 0 saturated carbocycles. The van der Waals surface area contributed by atoms with Gasteiger partial charge in [0.25, 0.3) is 0 Å². The van der Waals surface area contributed by atoms with Gasteiger partial charge in [0, 0.05) is 4.88 Å². The van der Waals surface area contributed by atoms with E-state index < -0.39 is 5.97 Å². The van der Waals surface area contributed by atoms with Crippen LogP contribution in [0.3, 0.4) is 0 Å². The van der Waals surface area contributed by atoms with Gasteiger partial charge < -0.3 is 9.84 Å². The van der Waals surface area contributed by atoms with Gasteiger partial charge in [0.15, 0.2) is 0 Å². The van der Waals surface area contributed by atoms with E-state index >= 15 is 0 Å². The van der Waals surface area contributed by atoms with Crippen LogP contribution in [0.15, 0.2) is 24.3 Å². The minimum absolute atomic E-state index is 0.0889. The monoisotopic (exact) mass is 293 g/mol. The highest BCUT2D eigenvalue weighted by atomic mass is 35.5. The Bertz CT molecular complexity index is 688. The molecule has 96 valence electrons. The molecular formula is C13H8ClNO3S. The molecule has 2 aromatic rings. The minimum atomic E-state index is -1.06. The molecule has 6 heteroatoms. The Morgan fingerprint density at radius 1 is 1.47 bits per heavy atom. The summed E-state index contributed by atoms with van der Waals surface area (Å²) >= 11 is 6.93. The highest BCUT2D eigenvalue weighted by molar-refractivity contribution is 7.18. The molecule has 1 N–H and O–H groups in total. The maximum absolute atomic E-state index is 10.9. The molecule has 0 radical (unpaired) electrons. The standard InChI is InChI=1S/C13H8ClNO3S/c1-18-10-3-2-7(4-8(10)6-15)11-5-9(14)12(19-11)13(16)17/h2-5H,1H3,(H,16,17). The van der Waals surface area contributed by atoms with E-state index in [1.54, 1.807) is 24.3 Å². The van der Waals surface area contributed by atoms with Crippen molar-refractivity contribution in [2.75, 3.05) is 7.11 Å². The second-order valence-corrected chi connectivity index (χ2v) is 5.08. The predicted molar refractivity (Wildman–Crippen MR) is 73.0 cm³/mol. The van der Waals surface area contributed by atoms with Crippen LogP contribution in [0.1, 0.15) is 15.2 Å². The van der Waals surface area contributed by atoms with E-state index in [2.05, 4.69) is 0 Å². The van der Waals surface area contributed by atoms with E-state index in [1.807, 2.05) is 6.07 Å². The van der Waals surface area contributed by atoms with Crippen LogP contribution in [0.4, 0.5) is 0 Å². The van der Waals surface area contributed by atoms with Crippen LogP contribution in [-0.2, 0) is 0 Å². The topological polar surface area (TPSA) is 70.3 Å². The fourth-order valence-electron chi connectivity index (χ4n) is 1.61. The SMILES string of the molecule is COc1ccc(-c2cc(Cl)c(C(=O)O)s2)cc1C#N. The smallest absolute Gasteiger partial charge is 0.347 e. The summed E-state index contributed by atoms with van der Waals surface area (Å²) in [5, 5.41) is 18.2. The first-order valence-corrected chi connectivity index (χ1v) is 6.37. The second kappa shape index (κ2) is 5.31. The van der Waals surface area contributed by atoms with Gasteiger partial charge in [-0.05, 0) is 29.8 Å². The predicted octanol–water partition coefficient (Wildman–Crippen LogP) is 3.65. The Hall–Kier alpha value is -2.03. The van der Waals surface area contributed by atoms with E-state index in [1.165, 1.54) is 7.11 Å². The normalized spacial score (nSPS) is 9.95. The van der Waals surface area contributed by atoms with Gasteiger partial charge in [-0.15, -0.1) is 11.3 Å². The highest BCUT2D eigenvalue weighted by Crippen LogP contribution is 2.36. The molecule has 1 aromatic carbocycles. The molecule has 0 amide bonds. The van der Waals surface area contributed by atoms with Gasteiger partial charge in [-0.3, -0.25) is 0 Å². The number of thiophene rings is 1. The van der Waals surface area contributed by atoms with Gasteiger partial charge in [0.1, 0.15) is 16.7 Å². The summed E-state index contributed by atoms with van der Waals surface area (Å²) in [6, 6.07) is 8.68. The number of hydrogen-bond donors (Lipinski definition) is 1. The van der Waals surface area contributed by atoms with Crippen molar-refractivity contribution >= 4 is 28.9 Å². The van der Waals surface area contributed by atoms with Gasteiger partial charge in [0.2, 0.25) is 0 Å². The van der Waals surface area contributed by atoms with Crippen molar-refractivity contribution in [1.29, 1.82) is 5.26 Å². The van der Waals surface area contributed by atoms with Crippen LogP contribution in [0, 0.1) is 11.3 Å². The summed E-state index contributed by atoms with van der Waals surface area (Å²) in [5.74, 6) is -0.581. The van der Waals surface area contributed by atoms with Crippen LogP contribution in [0.25, 0.3) is 10.4 Å². The third kappa shape index (κ3) is 2.55. The van der Waals surface area contributed by atoms with E-state index in [9.17, 15) is 4.79 Å². The molecule has 0 aliphatic rings. The number of nitrogens with zero attached hydrogens (tertiary/aromatic N) is 1. The van der Waals surface area contributed by atoms with Crippen molar-refractivity contribution in [1.82, 2.24) is 0 Å². The van der Waals surface area contributed by atoms with Crippen molar-refractivity contribution in [2.45, 2.75) is 0 Å². The number of halogens is 1. The number of methoxy groups -OCH3 is 1. The van der Waals surface area contributed by atoms with Crippen LogP contribution in [0.5, 0.6) is 5.75 Å². The first kappa shape index (κ1) is 13.4. The van der Waals surface area contributed by atoms with Crippen LogP contribution < -0.4 is 4.74 Å². The zero-order valence-corrected chi connectivity index (χ0v) is 11.4. The number of hydrogen-bond acceptors (Lipinski definition) is 4. The molecular weight excluding hydrogens is 286 g/mol. The van der Waals surface area contributed by atoms with Crippen LogP contribution >= 0.6 is 22.9 Å². The summed E-state index contributed by atoms with van der Waals surface area (Å²) in [6.07, 6.45) is 0. The number of carboxylic acid groups (broad SMARTS) is 1. The third-order valence-corrected chi connectivity index (χ3v) is 4.07. The molecule has 0 fully saturated rings. The Morgan fingerprint density at radius 3 is 2.74 bits per heavy atom. The van der Waals surface area contributed by atoms with E-state index in [4.69, 9.17) is 26.7 Å². The van der Waals surface area contributed by atoms with Crippen molar-refractivity contribution < 1.29 is 14.6 Å². The molecule has 2 rings (SSSR count). The third-order valence-electron chi connectivity index (χ3n) is 2.49. The van der Waals surface area contributed by atoms with Gasteiger partial charge in [-0.1, -0.05) is 11.6 Å². The maximum Gasteiger partial charge on any atom is 0.347 e. The summed E-state index contributed by atoms with van der Waals surface area (Å²) < 4.78 is 5.05. The average Bonchev–Trinajstić information content (AvgIpc) is 2.80. The molecule has 1 aromatic heterocycles. The minimum Gasteiger partial charge on any atom is -0.495 e. The van der Waals surface area contributed by atoms with Gasteiger partial charge in [-0.2, -0.15) is 5.26 Å². The molecule has 0 spiro atoms. The van der Waals surface area contributed by atoms with Crippen molar-refractivity contribution in [2.24, 2.45) is 0 Å². The lowest BCUT2D eigenvalue weighted by Gasteiger charge is -2.04. The molecule has 0 unspecified atom stereocenters. The quantitative estimate of drug-likeness (QED) is 0.938. The number of benzene rings is 1. The zero-order valence-electron chi connectivity index (χ0n) is 9.81. The second-order valence-electron chi connectivity index (χ2n) is 3.62. The lowest BCUT2D eigenvalue weighted by Crippen LogP contribution is -1.91. The summed E-state index contributed by atoms with van der Waals surface area (Å²) in [7, 11) is 1.49. The number of carbonyl (C=O) groups is 1. The summed E-state index contributed by atoms with van der Waals surface area (Å²) in [4.78, 5) is 11.7. The molecule has 0 aliphatic heterocycles. The van der Waals surface area contributed by atoms with E-state index in [0.717, 1.165) is 16.9 Å². The molecule has 0 bridgehead atoms. The lowest BCUT2D eigenvalue weighted by molar-refractivity contribution is 0.0702. The maximum atomic E-state index is 10.9.